The smallest absolute Gasteiger partial charge is 0.249 e. The van der Waals surface area contributed by atoms with Crippen molar-refractivity contribution in [1.29, 1.82) is 0 Å². The minimum Gasteiger partial charge on any atom is -0.394 e. The summed E-state index contributed by atoms with van der Waals surface area (Å²) in [6, 6.07) is -0.811. The van der Waals surface area contributed by atoms with E-state index in [0.29, 0.717) is 6.42 Å². The maximum Gasteiger partial charge on any atom is 0.249 e. The van der Waals surface area contributed by atoms with Gasteiger partial charge in [0.2, 0.25) is 5.91 Å². The second kappa shape index (κ2) is 51.5. The molecule has 3 unspecified atom stereocenters. The van der Waals surface area contributed by atoms with Crippen LogP contribution in [0.3, 0.4) is 0 Å². The Hall–Kier alpha value is -1.17. The van der Waals surface area contributed by atoms with Crippen LogP contribution >= 0.6 is 0 Å². The van der Waals surface area contributed by atoms with Gasteiger partial charge >= 0.3 is 0 Å². The summed E-state index contributed by atoms with van der Waals surface area (Å²) in [7, 11) is 0. The van der Waals surface area contributed by atoms with Crippen LogP contribution in [0.1, 0.15) is 303 Å². The second-order valence-corrected chi connectivity index (χ2v) is 19.1. The predicted molar refractivity (Wildman–Crippen MR) is 268 cm³/mol. The van der Waals surface area contributed by atoms with E-state index < -0.39 is 24.2 Å². The number of carbonyl (C=O) groups excluding carboxylic acids is 1. The Morgan fingerprint density at radius 2 is 0.672 bits per heavy atom. The van der Waals surface area contributed by atoms with E-state index in [0.717, 1.165) is 38.5 Å². The van der Waals surface area contributed by atoms with Crippen LogP contribution in [0.5, 0.6) is 0 Å². The van der Waals surface area contributed by atoms with Crippen molar-refractivity contribution in [2.45, 2.75) is 321 Å². The highest BCUT2D eigenvalue weighted by atomic mass is 16.3. The van der Waals surface area contributed by atoms with E-state index in [4.69, 9.17) is 0 Å². The van der Waals surface area contributed by atoms with Crippen LogP contribution < -0.4 is 5.32 Å². The number of nitrogens with one attached hydrogen (secondary N) is 1. The molecular weight excluding hydrogens is 751 g/mol. The van der Waals surface area contributed by atoms with Crippen LogP contribution in [0, 0.1) is 0 Å². The molecule has 0 radical (unpaired) electrons. The Labute approximate surface area is 382 Å². The molecule has 0 aromatic carbocycles. The molecule has 0 spiro atoms. The van der Waals surface area contributed by atoms with Gasteiger partial charge in [0.05, 0.1) is 18.8 Å². The summed E-state index contributed by atoms with van der Waals surface area (Å²) < 4.78 is 0. The highest BCUT2D eigenvalue weighted by Crippen LogP contribution is 2.18. The topological polar surface area (TPSA) is 89.8 Å². The summed E-state index contributed by atoms with van der Waals surface area (Å²) in [5.41, 5.74) is 0. The van der Waals surface area contributed by atoms with Gasteiger partial charge in [0.1, 0.15) is 6.10 Å². The fourth-order valence-electron chi connectivity index (χ4n) is 8.73. The van der Waals surface area contributed by atoms with Gasteiger partial charge < -0.3 is 20.6 Å². The molecule has 0 saturated carbocycles. The van der Waals surface area contributed by atoms with Crippen molar-refractivity contribution >= 4 is 5.91 Å². The van der Waals surface area contributed by atoms with Crippen LogP contribution in [0.4, 0.5) is 0 Å². The van der Waals surface area contributed by atoms with E-state index in [1.54, 1.807) is 6.08 Å². The van der Waals surface area contributed by atoms with E-state index in [1.165, 1.54) is 244 Å². The molecule has 0 saturated heterocycles. The van der Waals surface area contributed by atoms with Gasteiger partial charge in [-0.05, 0) is 32.1 Å². The minimum atomic E-state index is -1.10. The Kier molecular flexibility index (Phi) is 50.5. The number of carbonyl (C=O) groups is 1. The zero-order valence-electron chi connectivity index (χ0n) is 41.3. The minimum absolute atomic E-state index is 0.373. The average molecular weight is 860 g/mol. The largest absolute Gasteiger partial charge is 0.394 e. The fourth-order valence-corrected chi connectivity index (χ4v) is 8.73. The van der Waals surface area contributed by atoms with Crippen molar-refractivity contribution in [2.75, 3.05) is 6.61 Å². The Bertz CT molecular complexity index is 905. The van der Waals surface area contributed by atoms with Gasteiger partial charge in [0.25, 0.3) is 0 Å². The van der Waals surface area contributed by atoms with E-state index in [2.05, 4.69) is 31.3 Å². The third-order valence-corrected chi connectivity index (χ3v) is 13.0. The third kappa shape index (κ3) is 46.6. The molecular formula is C56H109NO4. The maximum atomic E-state index is 12.5. The first-order valence-electron chi connectivity index (χ1n) is 27.7. The van der Waals surface area contributed by atoms with E-state index >= 15 is 0 Å². The normalized spacial score (nSPS) is 13.5. The highest BCUT2D eigenvalue weighted by Gasteiger charge is 2.22. The van der Waals surface area contributed by atoms with Crippen LogP contribution in [-0.2, 0) is 4.79 Å². The van der Waals surface area contributed by atoms with Crippen molar-refractivity contribution < 1.29 is 20.1 Å². The van der Waals surface area contributed by atoms with E-state index in [-0.39, 0.29) is 6.61 Å². The quantitative estimate of drug-likeness (QED) is 0.0362. The lowest BCUT2D eigenvalue weighted by Gasteiger charge is -2.21. The van der Waals surface area contributed by atoms with Crippen molar-refractivity contribution in [3.8, 4) is 0 Å². The monoisotopic (exact) mass is 860 g/mol. The Morgan fingerprint density at radius 1 is 0.393 bits per heavy atom. The predicted octanol–water partition coefficient (Wildman–Crippen LogP) is 16.9. The van der Waals surface area contributed by atoms with Gasteiger partial charge in [-0.3, -0.25) is 4.79 Å². The number of aliphatic hydroxyl groups is 3. The first-order valence-corrected chi connectivity index (χ1v) is 27.7. The molecule has 0 aliphatic carbocycles. The van der Waals surface area contributed by atoms with E-state index in [9.17, 15) is 20.1 Å². The van der Waals surface area contributed by atoms with Crippen LogP contribution in [0.25, 0.3) is 0 Å². The molecule has 3 atom stereocenters. The molecule has 0 aromatic heterocycles. The Morgan fingerprint density at radius 3 is 1.00 bits per heavy atom. The average Bonchev–Trinajstić information content (AvgIpc) is 3.26. The van der Waals surface area contributed by atoms with Gasteiger partial charge in [-0.1, -0.05) is 295 Å². The second-order valence-electron chi connectivity index (χ2n) is 19.1. The summed E-state index contributed by atoms with van der Waals surface area (Å²) in [4.78, 5) is 12.5. The highest BCUT2D eigenvalue weighted by molar-refractivity contribution is 5.80. The molecule has 0 bridgehead atoms. The number of aliphatic hydroxyl groups excluding tert-OH is 3. The number of rotatable bonds is 51. The Balaban J connectivity index is 3.46. The molecule has 5 heteroatoms. The first-order chi connectivity index (χ1) is 30.1. The molecule has 5 nitrogen and oxygen atoms in total. The number of hydrogen-bond acceptors (Lipinski definition) is 4. The molecule has 61 heavy (non-hydrogen) atoms. The number of allylic oxidation sites excluding steroid dienone is 3. The molecule has 0 aliphatic rings. The van der Waals surface area contributed by atoms with Crippen molar-refractivity contribution in [3.63, 3.8) is 0 Å². The molecule has 0 fully saturated rings. The molecule has 0 aliphatic heterocycles. The lowest BCUT2D eigenvalue weighted by atomic mass is 10.0. The van der Waals surface area contributed by atoms with Gasteiger partial charge in [0.15, 0.2) is 0 Å². The van der Waals surface area contributed by atoms with E-state index in [1.807, 2.05) is 6.08 Å². The third-order valence-electron chi connectivity index (χ3n) is 13.0. The summed E-state index contributed by atoms with van der Waals surface area (Å²) in [5.74, 6) is -0.508. The van der Waals surface area contributed by atoms with Crippen LogP contribution in [0.15, 0.2) is 24.3 Å². The molecule has 4 N–H and O–H groups in total. The summed E-state index contributed by atoms with van der Waals surface area (Å²) in [5, 5.41) is 33.2. The van der Waals surface area contributed by atoms with Gasteiger partial charge in [0, 0.05) is 0 Å². The van der Waals surface area contributed by atoms with Crippen molar-refractivity contribution in [2.24, 2.45) is 0 Å². The van der Waals surface area contributed by atoms with Crippen molar-refractivity contribution in [1.82, 2.24) is 5.32 Å². The van der Waals surface area contributed by atoms with Gasteiger partial charge in [-0.25, -0.2) is 0 Å². The maximum absolute atomic E-state index is 12.5. The lowest BCUT2D eigenvalue weighted by molar-refractivity contribution is -0.131. The first kappa shape index (κ1) is 59.8. The zero-order valence-corrected chi connectivity index (χ0v) is 41.3. The molecule has 0 aromatic rings. The molecule has 0 rings (SSSR count). The standard InChI is InChI=1S/C56H109NO4/c1-3-5-7-9-11-13-15-17-18-19-20-21-22-23-24-25-26-27-28-29-30-31-32-33-34-35-36-37-39-41-43-45-47-49-51-55(60)56(61)57-53(52-58)54(59)50-48-46-44-42-40-38-16-14-12-10-8-6-4-2/h40,42,48,50,53-55,58-60H,3-39,41,43-47,49,51-52H2,1-2H3,(H,57,61)/b42-40+,50-48+. The van der Waals surface area contributed by atoms with Crippen LogP contribution in [0.2, 0.25) is 0 Å². The molecule has 1 amide bonds. The molecule has 0 heterocycles. The number of hydrogen-bond donors (Lipinski definition) is 4. The van der Waals surface area contributed by atoms with Gasteiger partial charge in [-0.15, -0.1) is 0 Å². The van der Waals surface area contributed by atoms with Crippen LogP contribution in [-0.4, -0.2) is 46.1 Å². The number of unbranched alkanes of at least 4 members (excludes halogenated alkanes) is 41. The molecule has 362 valence electrons. The summed E-state index contributed by atoms with van der Waals surface area (Å²) in [6.45, 7) is 4.18. The summed E-state index contributed by atoms with van der Waals surface area (Å²) >= 11 is 0. The SMILES string of the molecule is CCCCCCCCC/C=C/CC/C=C/C(O)C(CO)NC(=O)C(O)CCCCCCCCCCCCCCCCCCCCCCCCCCCCCCCCCCCC. The number of amides is 1. The van der Waals surface area contributed by atoms with Gasteiger partial charge in [-0.2, -0.15) is 0 Å². The zero-order chi connectivity index (χ0) is 44.4. The fraction of sp³-hybridized carbons (Fsp3) is 0.911. The summed E-state index contributed by atoms with van der Waals surface area (Å²) in [6.07, 6.45) is 65.6. The lowest BCUT2D eigenvalue weighted by Crippen LogP contribution is -2.48. The van der Waals surface area contributed by atoms with Crippen molar-refractivity contribution in [3.05, 3.63) is 24.3 Å².